The summed E-state index contributed by atoms with van der Waals surface area (Å²) in [6, 6.07) is 7.08. The molecule has 0 saturated carbocycles. The predicted molar refractivity (Wildman–Crippen MR) is 88.9 cm³/mol. The van der Waals surface area contributed by atoms with Crippen LogP contribution in [0.25, 0.3) is 0 Å². The molecule has 0 aliphatic carbocycles. The highest BCUT2D eigenvalue weighted by atomic mass is 127. The highest BCUT2D eigenvalue weighted by molar-refractivity contribution is 14.1. The molecule has 2 aromatic rings. The van der Waals surface area contributed by atoms with Crippen molar-refractivity contribution in [3.05, 3.63) is 50.3 Å². The first-order chi connectivity index (χ1) is 9.51. The highest BCUT2D eigenvalue weighted by Crippen LogP contribution is 2.25. The van der Waals surface area contributed by atoms with Crippen LogP contribution in [0.15, 0.2) is 30.5 Å². The van der Waals surface area contributed by atoms with Crippen molar-refractivity contribution in [3.8, 4) is 0 Å². The van der Waals surface area contributed by atoms with Crippen LogP contribution in [0.3, 0.4) is 0 Å². The molecule has 1 aromatic carbocycles. The van der Waals surface area contributed by atoms with Crippen molar-refractivity contribution in [2.24, 2.45) is 5.84 Å². The maximum Gasteiger partial charge on any atom is 0.259 e. The molecule has 0 spiro atoms. The lowest BCUT2D eigenvalue weighted by Gasteiger charge is -2.11. The number of benzene rings is 1. The summed E-state index contributed by atoms with van der Waals surface area (Å²) in [6.45, 7) is 1.82. The molecule has 0 unspecified atom stereocenters. The van der Waals surface area contributed by atoms with Crippen molar-refractivity contribution in [2.45, 2.75) is 6.92 Å². The summed E-state index contributed by atoms with van der Waals surface area (Å²) in [6.07, 6.45) is 1.47. The molecule has 1 aromatic heterocycles. The van der Waals surface area contributed by atoms with Gasteiger partial charge in [-0.2, -0.15) is 0 Å². The molecule has 1 amide bonds. The van der Waals surface area contributed by atoms with Gasteiger partial charge in [-0.25, -0.2) is 0 Å². The van der Waals surface area contributed by atoms with Gasteiger partial charge in [0, 0.05) is 15.5 Å². The normalized spacial score (nSPS) is 10.2. The van der Waals surface area contributed by atoms with E-state index in [0.717, 1.165) is 9.26 Å². The van der Waals surface area contributed by atoms with E-state index in [1.165, 1.54) is 6.20 Å². The average Bonchev–Trinajstić information content (AvgIpc) is 2.41. The molecule has 1 heterocycles. The van der Waals surface area contributed by atoms with Crippen LogP contribution in [-0.2, 0) is 0 Å². The van der Waals surface area contributed by atoms with E-state index in [-0.39, 0.29) is 5.91 Å². The fraction of sp³-hybridized carbons (Fsp3) is 0.0769. The van der Waals surface area contributed by atoms with Crippen LogP contribution in [-0.4, -0.2) is 10.9 Å². The number of hydrogen-bond donors (Lipinski definition) is 3. The van der Waals surface area contributed by atoms with E-state index in [9.17, 15) is 4.79 Å². The first-order valence-electron chi connectivity index (χ1n) is 5.71. The summed E-state index contributed by atoms with van der Waals surface area (Å²) in [5.74, 6) is 5.09. The van der Waals surface area contributed by atoms with Crippen LogP contribution in [0.1, 0.15) is 16.1 Å². The Hall–Kier alpha value is -1.38. The van der Waals surface area contributed by atoms with E-state index in [1.54, 1.807) is 18.2 Å². The number of aryl methyl sites for hydroxylation is 1. The molecule has 20 heavy (non-hydrogen) atoms. The summed E-state index contributed by atoms with van der Waals surface area (Å²) >= 11 is 8.23. The Morgan fingerprint density at radius 3 is 2.75 bits per heavy atom. The monoisotopic (exact) mass is 402 g/mol. The highest BCUT2D eigenvalue weighted by Gasteiger charge is 2.13. The molecule has 0 aliphatic rings. The minimum absolute atomic E-state index is 0.325. The summed E-state index contributed by atoms with van der Waals surface area (Å²) in [7, 11) is 0. The molecule has 7 heteroatoms. The molecule has 0 aliphatic heterocycles. The van der Waals surface area contributed by atoms with E-state index in [4.69, 9.17) is 17.4 Å². The number of nitrogen functional groups attached to an aromatic ring is 1. The van der Waals surface area contributed by atoms with Crippen LogP contribution >= 0.6 is 34.2 Å². The van der Waals surface area contributed by atoms with Crippen molar-refractivity contribution in [2.75, 3.05) is 10.7 Å². The third-order valence-electron chi connectivity index (χ3n) is 2.62. The van der Waals surface area contributed by atoms with E-state index >= 15 is 0 Å². The van der Waals surface area contributed by atoms with Gasteiger partial charge in [0.2, 0.25) is 0 Å². The van der Waals surface area contributed by atoms with Gasteiger partial charge in [-0.15, -0.1) is 0 Å². The molecule has 2 rings (SSSR count). The fourth-order valence-electron chi connectivity index (χ4n) is 1.64. The van der Waals surface area contributed by atoms with E-state index in [1.807, 2.05) is 13.0 Å². The lowest BCUT2D eigenvalue weighted by Crippen LogP contribution is -2.18. The molecule has 104 valence electrons. The molecule has 0 fully saturated rings. The smallest absolute Gasteiger partial charge is 0.259 e. The Balaban J connectivity index is 2.28. The van der Waals surface area contributed by atoms with Gasteiger partial charge in [0.15, 0.2) is 0 Å². The molecule has 4 N–H and O–H groups in total. The quantitative estimate of drug-likeness (QED) is 0.418. The van der Waals surface area contributed by atoms with E-state index in [2.05, 4.69) is 38.3 Å². The topological polar surface area (TPSA) is 80.0 Å². The largest absolute Gasteiger partial charge is 0.323 e. The van der Waals surface area contributed by atoms with Gasteiger partial charge in [0.1, 0.15) is 0 Å². The molecule has 0 radical (unpaired) electrons. The second-order valence-electron chi connectivity index (χ2n) is 4.09. The molecule has 5 nitrogen and oxygen atoms in total. The summed E-state index contributed by atoms with van der Waals surface area (Å²) in [4.78, 5) is 16.3. The number of carbonyl (C=O) groups is 1. The number of amides is 1. The number of rotatable bonds is 3. The Kier molecular flexibility index (Phi) is 4.79. The number of nitrogens with two attached hydrogens (primary N) is 1. The number of hydrazine groups is 1. The van der Waals surface area contributed by atoms with Gasteiger partial charge in [-0.05, 0) is 53.8 Å². The minimum atomic E-state index is -0.325. The molecule has 0 bridgehead atoms. The minimum Gasteiger partial charge on any atom is -0.323 e. The maximum atomic E-state index is 12.2. The number of halogens is 2. The van der Waals surface area contributed by atoms with Gasteiger partial charge in [-0.3, -0.25) is 15.6 Å². The van der Waals surface area contributed by atoms with Crippen LogP contribution in [0, 0.1) is 10.5 Å². The van der Waals surface area contributed by atoms with Crippen molar-refractivity contribution in [1.29, 1.82) is 0 Å². The Morgan fingerprint density at radius 1 is 1.35 bits per heavy atom. The second kappa shape index (κ2) is 6.38. The zero-order valence-electron chi connectivity index (χ0n) is 10.6. The number of nitrogens with zero attached hydrogens (tertiary/aromatic N) is 1. The van der Waals surface area contributed by atoms with E-state index < -0.39 is 0 Å². The van der Waals surface area contributed by atoms with Crippen LogP contribution in [0.5, 0.6) is 0 Å². The molecule has 0 atom stereocenters. The van der Waals surface area contributed by atoms with Crippen LogP contribution in [0.4, 0.5) is 11.4 Å². The molecule has 0 saturated heterocycles. The number of carbonyl (C=O) groups excluding carboxylic acids is 1. The Morgan fingerprint density at radius 2 is 2.10 bits per heavy atom. The first kappa shape index (κ1) is 15.0. The first-order valence-corrected chi connectivity index (χ1v) is 7.16. The van der Waals surface area contributed by atoms with Gasteiger partial charge in [0.05, 0.1) is 22.0 Å². The number of aromatic nitrogens is 1. The van der Waals surface area contributed by atoms with Crippen molar-refractivity contribution in [1.82, 2.24) is 4.98 Å². The number of anilines is 2. The zero-order valence-corrected chi connectivity index (χ0v) is 13.5. The maximum absolute atomic E-state index is 12.2. The summed E-state index contributed by atoms with van der Waals surface area (Å²) in [5.41, 5.74) is 4.66. The van der Waals surface area contributed by atoms with Gasteiger partial charge < -0.3 is 10.7 Å². The third-order valence-corrected chi connectivity index (χ3v) is 3.60. The Bertz CT molecular complexity index is 663. The van der Waals surface area contributed by atoms with Crippen LogP contribution in [0.2, 0.25) is 5.02 Å². The van der Waals surface area contributed by atoms with Gasteiger partial charge in [-0.1, -0.05) is 11.6 Å². The number of pyridine rings is 1. The average molecular weight is 403 g/mol. The number of hydrogen-bond acceptors (Lipinski definition) is 4. The standard InChI is InChI=1S/C13H12ClIN4O/c1-7-4-12(19-16)9(6-17-7)13(20)18-11-3-2-8(15)5-10(11)14/h2-6H,16H2,1H3,(H,17,19)(H,18,20). The van der Waals surface area contributed by atoms with Crippen molar-refractivity contribution >= 4 is 51.5 Å². The fourth-order valence-corrected chi connectivity index (χ4v) is 2.54. The van der Waals surface area contributed by atoms with Gasteiger partial charge >= 0.3 is 0 Å². The lowest BCUT2D eigenvalue weighted by atomic mass is 10.2. The lowest BCUT2D eigenvalue weighted by molar-refractivity contribution is 0.102. The predicted octanol–water partition coefficient (Wildman–Crippen LogP) is 3.19. The van der Waals surface area contributed by atoms with Crippen LogP contribution < -0.4 is 16.6 Å². The molecular weight excluding hydrogens is 391 g/mol. The van der Waals surface area contributed by atoms with Gasteiger partial charge in [0.25, 0.3) is 5.91 Å². The zero-order chi connectivity index (χ0) is 14.7. The summed E-state index contributed by atoms with van der Waals surface area (Å²) in [5, 5.41) is 3.22. The SMILES string of the molecule is Cc1cc(NN)c(C(=O)Nc2ccc(I)cc2Cl)cn1. The van der Waals surface area contributed by atoms with E-state index in [0.29, 0.717) is 22.0 Å². The third kappa shape index (κ3) is 3.38. The molecular formula is C13H12ClIN4O. The second-order valence-corrected chi connectivity index (χ2v) is 5.75. The van der Waals surface area contributed by atoms with Crippen molar-refractivity contribution < 1.29 is 4.79 Å². The Labute approximate surface area is 135 Å². The van der Waals surface area contributed by atoms with Crippen molar-refractivity contribution in [3.63, 3.8) is 0 Å². The summed E-state index contributed by atoms with van der Waals surface area (Å²) < 4.78 is 0.993. The number of nitrogens with one attached hydrogen (secondary N) is 2.